The van der Waals surface area contributed by atoms with Crippen LogP contribution in [-0.4, -0.2) is 35.4 Å². The maximum atomic E-state index is 6.14. The summed E-state index contributed by atoms with van der Waals surface area (Å²) < 4.78 is 5.15. The fraction of sp³-hybridized carbons (Fsp3) is 0.438. The van der Waals surface area contributed by atoms with E-state index in [0.29, 0.717) is 22.5 Å². The van der Waals surface area contributed by atoms with Gasteiger partial charge in [-0.25, -0.2) is 0 Å². The van der Waals surface area contributed by atoms with Crippen molar-refractivity contribution in [3.63, 3.8) is 0 Å². The summed E-state index contributed by atoms with van der Waals surface area (Å²) in [5.41, 5.74) is 0.828. The molecule has 0 atom stereocenters. The molecule has 1 N–H and O–H groups in total. The van der Waals surface area contributed by atoms with Crippen LogP contribution in [0.3, 0.4) is 0 Å². The van der Waals surface area contributed by atoms with Crippen LogP contribution in [0.1, 0.15) is 19.8 Å². The van der Waals surface area contributed by atoms with Gasteiger partial charge >= 0.3 is 0 Å². The lowest BCUT2D eigenvalue weighted by Crippen LogP contribution is -2.34. The fourth-order valence-electron chi connectivity index (χ4n) is 2.59. The molecular weight excluding hydrogens is 314 g/mol. The second-order valence-corrected chi connectivity index (χ2v) is 6.19. The lowest BCUT2D eigenvalue weighted by Gasteiger charge is -2.29. The molecule has 0 unspecified atom stereocenters. The van der Waals surface area contributed by atoms with Gasteiger partial charge in [0.05, 0.1) is 18.3 Å². The van der Waals surface area contributed by atoms with Crippen LogP contribution in [0.2, 0.25) is 5.02 Å². The van der Waals surface area contributed by atoms with Gasteiger partial charge in [0.2, 0.25) is 5.95 Å². The number of benzene rings is 1. The lowest BCUT2D eigenvalue weighted by molar-refractivity contribution is 0.415. The normalized spacial score (nSPS) is 15.5. The number of anilines is 3. The van der Waals surface area contributed by atoms with Crippen molar-refractivity contribution >= 4 is 29.1 Å². The third-order valence-corrected chi connectivity index (χ3v) is 4.33. The average molecular weight is 334 g/mol. The Morgan fingerprint density at radius 1 is 1.30 bits per heavy atom. The number of aromatic nitrogens is 3. The summed E-state index contributed by atoms with van der Waals surface area (Å²) >= 11 is 6.14. The Morgan fingerprint density at radius 2 is 2.09 bits per heavy atom. The van der Waals surface area contributed by atoms with Crippen LogP contribution in [0.25, 0.3) is 0 Å². The molecule has 0 spiro atoms. The molecule has 6 nitrogen and oxygen atoms in total. The van der Waals surface area contributed by atoms with E-state index in [-0.39, 0.29) is 0 Å². The van der Waals surface area contributed by atoms with Crippen molar-refractivity contribution in [1.29, 1.82) is 0 Å². The second kappa shape index (κ2) is 7.00. The molecule has 3 rings (SSSR count). The molecular formula is C16H20ClN5O. The molecule has 7 heteroatoms. The summed E-state index contributed by atoms with van der Waals surface area (Å²) in [7, 11) is 1.59. The van der Waals surface area contributed by atoms with Crippen LogP contribution in [0, 0.1) is 5.92 Å². The molecule has 1 aromatic carbocycles. The molecule has 1 aromatic heterocycles. The van der Waals surface area contributed by atoms with E-state index in [1.54, 1.807) is 19.4 Å². The van der Waals surface area contributed by atoms with E-state index in [9.17, 15) is 0 Å². The summed E-state index contributed by atoms with van der Waals surface area (Å²) in [6.07, 6.45) is 3.93. The van der Waals surface area contributed by atoms with Crippen molar-refractivity contribution in [2.45, 2.75) is 19.8 Å². The molecule has 122 valence electrons. The first-order chi connectivity index (χ1) is 11.2. The molecule has 1 saturated heterocycles. The zero-order valence-corrected chi connectivity index (χ0v) is 14.0. The van der Waals surface area contributed by atoms with E-state index < -0.39 is 0 Å². The smallest absolute Gasteiger partial charge is 0.247 e. The molecule has 0 radical (unpaired) electrons. The van der Waals surface area contributed by atoms with Crippen molar-refractivity contribution in [2.24, 2.45) is 5.92 Å². The molecule has 0 saturated carbocycles. The van der Waals surface area contributed by atoms with Gasteiger partial charge in [-0.3, -0.25) is 0 Å². The number of nitrogens with one attached hydrogen (secondary N) is 1. The zero-order valence-electron chi connectivity index (χ0n) is 13.3. The van der Waals surface area contributed by atoms with Gasteiger partial charge in [0.15, 0.2) is 5.82 Å². The van der Waals surface area contributed by atoms with E-state index in [1.807, 2.05) is 12.1 Å². The Kier molecular flexibility index (Phi) is 4.81. The monoisotopic (exact) mass is 333 g/mol. The summed E-state index contributed by atoms with van der Waals surface area (Å²) in [6, 6.07) is 5.49. The minimum absolute atomic E-state index is 0.546. The number of ether oxygens (including phenoxy) is 1. The second-order valence-electron chi connectivity index (χ2n) is 5.79. The van der Waals surface area contributed by atoms with Crippen molar-refractivity contribution < 1.29 is 4.74 Å². The standard InChI is InChI=1S/C16H20ClN5O/c1-11-5-7-22(8-6-11)16-20-15(10-18-21-16)19-12-3-4-14(23-2)13(17)9-12/h3-4,9-11H,5-8H2,1-2H3,(H,19,20,21). The Balaban J connectivity index is 1.73. The third kappa shape index (κ3) is 3.82. The van der Waals surface area contributed by atoms with Crippen LogP contribution >= 0.6 is 11.6 Å². The molecule has 0 aliphatic carbocycles. The highest BCUT2D eigenvalue weighted by Gasteiger charge is 2.18. The van der Waals surface area contributed by atoms with Gasteiger partial charge in [-0.1, -0.05) is 18.5 Å². The molecule has 23 heavy (non-hydrogen) atoms. The van der Waals surface area contributed by atoms with Gasteiger partial charge < -0.3 is 15.0 Å². The summed E-state index contributed by atoms with van der Waals surface area (Å²) in [5, 5.41) is 12.0. The van der Waals surface area contributed by atoms with E-state index in [2.05, 4.69) is 32.3 Å². The minimum Gasteiger partial charge on any atom is -0.495 e. The van der Waals surface area contributed by atoms with Gasteiger partial charge in [0.1, 0.15) is 5.75 Å². The number of methoxy groups -OCH3 is 1. The van der Waals surface area contributed by atoms with Crippen molar-refractivity contribution in [3.05, 3.63) is 29.4 Å². The molecule has 2 heterocycles. The van der Waals surface area contributed by atoms with Crippen LogP contribution in [0.15, 0.2) is 24.4 Å². The largest absolute Gasteiger partial charge is 0.495 e. The predicted molar refractivity (Wildman–Crippen MR) is 91.7 cm³/mol. The Hall–Kier alpha value is -2.08. The highest BCUT2D eigenvalue weighted by molar-refractivity contribution is 6.32. The molecule has 1 aliphatic heterocycles. The highest BCUT2D eigenvalue weighted by Crippen LogP contribution is 2.28. The summed E-state index contributed by atoms with van der Waals surface area (Å²) in [5.74, 6) is 2.72. The maximum absolute atomic E-state index is 6.14. The van der Waals surface area contributed by atoms with Gasteiger partial charge in [-0.2, -0.15) is 10.1 Å². The first-order valence-electron chi connectivity index (χ1n) is 7.71. The van der Waals surface area contributed by atoms with Crippen LogP contribution in [0.4, 0.5) is 17.5 Å². The van der Waals surface area contributed by atoms with Crippen LogP contribution in [-0.2, 0) is 0 Å². The van der Waals surface area contributed by atoms with Crippen molar-refractivity contribution in [3.8, 4) is 5.75 Å². The quantitative estimate of drug-likeness (QED) is 0.923. The van der Waals surface area contributed by atoms with Gasteiger partial charge in [-0.15, -0.1) is 5.10 Å². The fourth-order valence-corrected chi connectivity index (χ4v) is 2.85. The number of piperidine rings is 1. The lowest BCUT2D eigenvalue weighted by atomic mass is 10.00. The maximum Gasteiger partial charge on any atom is 0.247 e. The molecule has 2 aromatic rings. The van der Waals surface area contributed by atoms with E-state index in [4.69, 9.17) is 16.3 Å². The number of rotatable bonds is 4. The number of hydrogen-bond acceptors (Lipinski definition) is 6. The van der Waals surface area contributed by atoms with Crippen molar-refractivity contribution in [1.82, 2.24) is 15.2 Å². The Bertz CT molecular complexity index is 673. The summed E-state index contributed by atoms with van der Waals surface area (Å²) in [4.78, 5) is 6.74. The minimum atomic E-state index is 0.546. The topological polar surface area (TPSA) is 63.2 Å². The molecule has 1 fully saturated rings. The van der Waals surface area contributed by atoms with Gasteiger partial charge in [0.25, 0.3) is 0 Å². The van der Waals surface area contributed by atoms with Crippen LogP contribution in [0.5, 0.6) is 5.75 Å². The first kappa shape index (κ1) is 15.8. The van der Waals surface area contributed by atoms with Gasteiger partial charge in [0, 0.05) is 18.8 Å². The number of nitrogens with zero attached hydrogens (tertiary/aromatic N) is 4. The SMILES string of the molecule is COc1ccc(Nc2cnnc(N3CCC(C)CC3)n2)cc1Cl. The molecule has 0 bridgehead atoms. The van der Waals surface area contributed by atoms with E-state index >= 15 is 0 Å². The highest BCUT2D eigenvalue weighted by atomic mass is 35.5. The molecule has 0 amide bonds. The molecule has 1 aliphatic rings. The zero-order chi connectivity index (χ0) is 16.2. The first-order valence-corrected chi connectivity index (χ1v) is 8.08. The average Bonchev–Trinajstić information content (AvgIpc) is 2.56. The van der Waals surface area contributed by atoms with Gasteiger partial charge in [-0.05, 0) is 37.0 Å². The number of hydrogen-bond donors (Lipinski definition) is 1. The third-order valence-electron chi connectivity index (χ3n) is 4.04. The van der Waals surface area contributed by atoms with Crippen LogP contribution < -0.4 is 15.0 Å². The van der Waals surface area contributed by atoms with E-state index in [0.717, 1.165) is 37.5 Å². The summed E-state index contributed by atoms with van der Waals surface area (Å²) in [6.45, 7) is 4.23. The Labute approximate surface area is 140 Å². The number of halogens is 1. The predicted octanol–water partition coefficient (Wildman–Crippen LogP) is 3.51. The van der Waals surface area contributed by atoms with Crippen molar-refractivity contribution in [2.75, 3.05) is 30.4 Å². The van der Waals surface area contributed by atoms with E-state index in [1.165, 1.54) is 0 Å². The Morgan fingerprint density at radius 3 is 2.78 bits per heavy atom.